The number of amidine groups is 1. The van der Waals surface area contributed by atoms with Crippen molar-refractivity contribution in [2.45, 2.75) is 31.5 Å². The smallest absolute Gasteiger partial charge is 0.378 e. The third-order valence-electron chi connectivity index (χ3n) is 4.98. The van der Waals surface area contributed by atoms with Gasteiger partial charge in [-0.3, -0.25) is 18.9 Å². The quantitative estimate of drug-likeness (QED) is 0.655. The number of amides is 3. The van der Waals surface area contributed by atoms with Gasteiger partial charge in [0.2, 0.25) is 5.60 Å². The van der Waals surface area contributed by atoms with Crippen LogP contribution in [-0.4, -0.2) is 74.6 Å². The maximum absolute atomic E-state index is 12.8. The van der Waals surface area contributed by atoms with E-state index in [4.69, 9.17) is 9.39 Å². The highest BCUT2D eigenvalue weighted by Crippen LogP contribution is 2.45. The Balaban J connectivity index is 1.83. The molecule has 13 nitrogen and oxygen atoms in total. The highest BCUT2D eigenvalue weighted by molar-refractivity contribution is 7.80. The summed E-state index contributed by atoms with van der Waals surface area (Å²) in [6.07, 6.45) is 1.47. The molecule has 1 fully saturated rings. The van der Waals surface area contributed by atoms with Gasteiger partial charge in [0, 0.05) is 19.7 Å². The third-order valence-corrected chi connectivity index (χ3v) is 5.33. The summed E-state index contributed by atoms with van der Waals surface area (Å²) in [7, 11) is -1.76. The first-order chi connectivity index (χ1) is 12.9. The topological polar surface area (TPSA) is 147 Å². The molecule has 0 aliphatic carbocycles. The van der Waals surface area contributed by atoms with Crippen LogP contribution in [0.25, 0.3) is 0 Å². The molecule has 1 saturated heterocycles. The van der Waals surface area contributed by atoms with Crippen molar-refractivity contribution in [2.75, 3.05) is 13.6 Å². The van der Waals surface area contributed by atoms with E-state index in [2.05, 4.69) is 14.5 Å². The standard InChI is InChI=1S/C14H18N6O7S/c1-14(2)12(21)17(3)11(16-26-14)10-9-7(5-15-18(9)4)8-6-19(10)13(22)20(8)27-28(23,24)25/h5,8,10H,6H2,1-4H3,(H,23,24,25)/t8-,10+/m1/s1. The zero-order valence-corrected chi connectivity index (χ0v) is 16.2. The average Bonchev–Trinajstić information content (AvgIpc) is 3.09. The molecule has 3 aliphatic rings. The Kier molecular flexibility index (Phi) is 3.76. The van der Waals surface area contributed by atoms with Gasteiger partial charge in [0.05, 0.1) is 18.4 Å². The molecule has 2 bridgehead atoms. The number of fused-ring (bicyclic) bond motifs is 4. The van der Waals surface area contributed by atoms with E-state index in [1.165, 1.54) is 27.7 Å². The van der Waals surface area contributed by atoms with Crippen LogP contribution in [0.4, 0.5) is 4.79 Å². The summed E-state index contributed by atoms with van der Waals surface area (Å²) in [5.41, 5.74) is -0.140. The second kappa shape index (κ2) is 5.65. The Hall–Kier alpha value is -2.71. The van der Waals surface area contributed by atoms with E-state index in [1.54, 1.807) is 20.9 Å². The van der Waals surface area contributed by atoms with E-state index < -0.39 is 34.1 Å². The summed E-state index contributed by atoms with van der Waals surface area (Å²) in [6.45, 7) is 3.19. The van der Waals surface area contributed by atoms with Gasteiger partial charge in [0.1, 0.15) is 12.1 Å². The Morgan fingerprint density at radius 1 is 1.32 bits per heavy atom. The highest BCUT2D eigenvalue weighted by Gasteiger charge is 2.55. The van der Waals surface area contributed by atoms with E-state index >= 15 is 0 Å². The fraction of sp³-hybridized carbons (Fsp3) is 0.571. The number of rotatable bonds is 3. The Morgan fingerprint density at radius 3 is 2.64 bits per heavy atom. The normalized spacial score (nSPS) is 26.3. The highest BCUT2D eigenvalue weighted by atomic mass is 32.3. The molecule has 1 aromatic rings. The molecule has 0 radical (unpaired) electrons. The van der Waals surface area contributed by atoms with Crippen LogP contribution in [0.15, 0.2) is 11.4 Å². The van der Waals surface area contributed by atoms with Crippen molar-refractivity contribution in [2.24, 2.45) is 12.2 Å². The van der Waals surface area contributed by atoms with Gasteiger partial charge in [0.15, 0.2) is 5.84 Å². The zero-order chi connectivity index (χ0) is 20.6. The third kappa shape index (κ3) is 2.56. The Bertz CT molecular complexity index is 1020. The van der Waals surface area contributed by atoms with Crippen molar-refractivity contribution in [3.8, 4) is 0 Å². The number of nitrogens with zero attached hydrogens (tertiary/aromatic N) is 6. The summed E-state index contributed by atoms with van der Waals surface area (Å²) in [5, 5.41) is 8.82. The van der Waals surface area contributed by atoms with E-state index in [-0.39, 0.29) is 18.3 Å². The molecule has 1 aromatic heterocycles. The van der Waals surface area contributed by atoms with E-state index in [9.17, 15) is 18.0 Å². The predicted molar refractivity (Wildman–Crippen MR) is 90.6 cm³/mol. The lowest BCUT2D eigenvalue weighted by atomic mass is 9.96. The number of carbonyl (C=O) groups excluding carboxylic acids is 2. The van der Waals surface area contributed by atoms with Crippen LogP contribution in [0.5, 0.6) is 0 Å². The van der Waals surface area contributed by atoms with Crippen LogP contribution in [-0.2, 0) is 31.4 Å². The van der Waals surface area contributed by atoms with Crippen LogP contribution in [0, 0.1) is 0 Å². The van der Waals surface area contributed by atoms with Gasteiger partial charge < -0.3 is 9.74 Å². The van der Waals surface area contributed by atoms with E-state index in [0.717, 1.165) is 0 Å². The molecule has 4 rings (SSSR count). The minimum atomic E-state index is -4.92. The number of urea groups is 1. The molecule has 14 heteroatoms. The molecule has 1 N–H and O–H groups in total. The van der Waals surface area contributed by atoms with Crippen LogP contribution in [0.1, 0.15) is 37.2 Å². The Labute approximate surface area is 160 Å². The average molecular weight is 414 g/mol. The van der Waals surface area contributed by atoms with Gasteiger partial charge in [-0.1, -0.05) is 5.16 Å². The van der Waals surface area contributed by atoms with Gasteiger partial charge in [-0.2, -0.15) is 18.6 Å². The fourth-order valence-corrected chi connectivity index (χ4v) is 4.06. The molecule has 3 amide bonds. The molecule has 28 heavy (non-hydrogen) atoms. The van der Waals surface area contributed by atoms with E-state index in [1.807, 2.05) is 0 Å². The molecule has 0 spiro atoms. The fourth-order valence-electron chi connectivity index (χ4n) is 3.69. The molecule has 3 aliphatic heterocycles. The second-order valence-electron chi connectivity index (χ2n) is 7.21. The van der Waals surface area contributed by atoms with Crippen molar-refractivity contribution in [1.29, 1.82) is 0 Å². The lowest BCUT2D eigenvalue weighted by Crippen LogP contribution is -2.55. The van der Waals surface area contributed by atoms with Crippen LogP contribution < -0.4 is 0 Å². The number of aryl methyl sites for hydroxylation is 1. The number of hydroxylamine groups is 2. The number of hydrogen-bond acceptors (Lipinski definition) is 8. The molecule has 0 aromatic carbocycles. The van der Waals surface area contributed by atoms with Gasteiger partial charge in [-0.05, 0) is 13.8 Å². The van der Waals surface area contributed by atoms with E-state index in [0.29, 0.717) is 16.3 Å². The number of likely N-dealkylation sites (N-methyl/N-ethyl adjacent to an activating group) is 1. The van der Waals surface area contributed by atoms with Gasteiger partial charge >= 0.3 is 16.4 Å². The molecule has 152 valence electrons. The molecular formula is C14H18N6O7S. The number of oxime groups is 1. The first-order valence-electron chi connectivity index (χ1n) is 8.25. The van der Waals surface area contributed by atoms with Gasteiger partial charge in [-0.25, -0.2) is 4.79 Å². The summed E-state index contributed by atoms with van der Waals surface area (Å²) in [5.74, 6) is -0.212. The summed E-state index contributed by atoms with van der Waals surface area (Å²) >= 11 is 0. The minimum Gasteiger partial charge on any atom is -0.378 e. The zero-order valence-electron chi connectivity index (χ0n) is 15.4. The minimum absolute atomic E-state index is 0.0438. The lowest BCUT2D eigenvalue weighted by molar-refractivity contribution is -0.153. The predicted octanol–water partition coefficient (Wildman–Crippen LogP) is -0.431. The summed E-state index contributed by atoms with van der Waals surface area (Å²) in [4.78, 5) is 33.4. The largest absolute Gasteiger partial charge is 0.418 e. The van der Waals surface area contributed by atoms with Gasteiger partial charge in [0.25, 0.3) is 5.91 Å². The monoisotopic (exact) mass is 414 g/mol. The summed E-state index contributed by atoms with van der Waals surface area (Å²) < 4.78 is 37.4. The van der Waals surface area contributed by atoms with Crippen molar-refractivity contribution in [1.82, 2.24) is 24.6 Å². The Morgan fingerprint density at radius 2 is 2.00 bits per heavy atom. The maximum Gasteiger partial charge on any atom is 0.418 e. The van der Waals surface area contributed by atoms with Crippen molar-refractivity contribution >= 4 is 28.2 Å². The maximum atomic E-state index is 12.8. The number of carbonyl (C=O) groups is 2. The van der Waals surface area contributed by atoms with Crippen LogP contribution >= 0.6 is 0 Å². The van der Waals surface area contributed by atoms with Crippen LogP contribution in [0.2, 0.25) is 0 Å². The molecule has 2 atom stereocenters. The van der Waals surface area contributed by atoms with Crippen molar-refractivity contribution < 1.29 is 31.7 Å². The molecule has 4 heterocycles. The number of hydrogen-bond donors (Lipinski definition) is 1. The first kappa shape index (κ1) is 18.6. The molecule has 0 unspecified atom stereocenters. The first-order valence-corrected chi connectivity index (χ1v) is 9.62. The SMILES string of the molecule is CN1C(=O)C(C)(C)ON=C1[C@@H]1c2c(cnn2C)[C@H]2CN1C(=O)N2OS(=O)(=O)O. The molecular weight excluding hydrogens is 396 g/mol. The number of aromatic nitrogens is 2. The molecule has 0 saturated carbocycles. The van der Waals surface area contributed by atoms with Crippen molar-refractivity contribution in [3.63, 3.8) is 0 Å². The van der Waals surface area contributed by atoms with Crippen molar-refractivity contribution in [3.05, 3.63) is 17.5 Å². The lowest BCUT2D eigenvalue weighted by Gasteiger charge is -2.39. The second-order valence-corrected chi connectivity index (χ2v) is 8.21. The van der Waals surface area contributed by atoms with Crippen LogP contribution in [0.3, 0.4) is 0 Å². The summed E-state index contributed by atoms with van der Waals surface area (Å²) in [6, 6.07) is -2.49. The van der Waals surface area contributed by atoms with Gasteiger partial charge in [-0.15, -0.1) is 4.28 Å².